The fourth-order valence-corrected chi connectivity index (χ4v) is 4.18. The number of nitrogens with two attached hydrogens (primary N) is 2. The molecule has 13 nitrogen and oxygen atoms in total. The van der Waals surface area contributed by atoms with Crippen LogP contribution in [0.1, 0.15) is 66.2 Å². The summed E-state index contributed by atoms with van der Waals surface area (Å²) in [5.74, 6) is -3.48. The van der Waals surface area contributed by atoms with Gasteiger partial charge in [-0.2, -0.15) is 0 Å². The molecule has 0 unspecified atom stereocenters. The van der Waals surface area contributed by atoms with Crippen molar-refractivity contribution >= 4 is 29.6 Å². The van der Waals surface area contributed by atoms with Crippen molar-refractivity contribution in [1.82, 2.24) is 20.9 Å². The highest BCUT2D eigenvalue weighted by molar-refractivity contribution is 5.95. The van der Waals surface area contributed by atoms with Gasteiger partial charge in [-0.3, -0.25) is 24.0 Å². The van der Waals surface area contributed by atoms with Crippen molar-refractivity contribution in [3.05, 3.63) is 0 Å². The van der Waals surface area contributed by atoms with Crippen LogP contribution in [0.3, 0.4) is 0 Å². The van der Waals surface area contributed by atoms with Gasteiger partial charge in [0.15, 0.2) is 0 Å². The molecule has 1 fully saturated rings. The zero-order valence-electron chi connectivity index (χ0n) is 22.2. The molecule has 1 saturated heterocycles. The largest absolute Gasteiger partial charge is 0.480 e. The molecule has 0 spiro atoms. The van der Waals surface area contributed by atoms with Crippen LogP contribution >= 0.6 is 0 Å². The van der Waals surface area contributed by atoms with Gasteiger partial charge in [-0.1, -0.05) is 13.8 Å². The summed E-state index contributed by atoms with van der Waals surface area (Å²) in [6.45, 7) is 7.20. The molecule has 1 rings (SSSR count). The molecular formula is C24H44N6O7. The quantitative estimate of drug-likeness (QED) is 0.122. The average Bonchev–Trinajstić information content (AvgIpc) is 3.30. The second-order valence-electron chi connectivity index (χ2n) is 10.1. The van der Waals surface area contributed by atoms with E-state index >= 15 is 0 Å². The highest BCUT2D eigenvalue weighted by Gasteiger charge is 2.38. The van der Waals surface area contributed by atoms with E-state index in [1.54, 1.807) is 0 Å². The molecule has 1 heterocycles. The standard InChI is InChI=1S/C24H44N6O7/c1-13(2)12-16(26)23(35)30-11-7-9-18(30)21(33)28-17(8-5-6-10-25)20(32)29-19(15(4)31)22(34)27-14(3)24(36)37/h13-19,31H,5-12,25-26H2,1-4H3,(H,27,34)(H,28,33)(H,29,32)(H,36,37)/t14-,15+,16-,17-,18-,19-/m0/s1. The van der Waals surface area contributed by atoms with Gasteiger partial charge in [-0.15, -0.1) is 0 Å². The topological polar surface area (TPSA) is 217 Å². The van der Waals surface area contributed by atoms with E-state index in [0.717, 1.165) is 0 Å². The van der Waals surface area contributed by atoms with Gasteiger partial charge in [0.05, 0.1) is 12.1 Å². The minimum Gasteiger partial charge on any atom is -0.480 e. The van der Waals surface area contributed by atoms with Crippen LogP contribution in [0.5, 0.6) is 0 Å². The van der Waals surface area contributed by atoms with Gasteiger partial charge >= 0.3 is 5.97 Å². The summed E-state index contributed by atoms with van der Waals surface area (Å²) in [6, 6.07) is -5.24. The number of hydrogen-bond acceptors (Lipinski definition) is 8. The summed E-state index contributed by atoms with van der Waals surface area (Å²) in [6.07, 6.45) is 1.50. The minimum absolute atomic E-state index is 0.210. The van der Waals surface area contributed by atoms with Crippen LogP contribution < -0.4 is 27.4 Å². The van der Waals surface area contributed by atoms with E-state index in [0.29, 0.717) is 45.2 Å². The predicted molar refractivity (Wildman–Crippen MR) is 136 cm³/mol. The Labute approximate surface area is 218 Å². The fourth-order valence-electron chi connectivity index (χ4n) is 4.18. The van der Waals surface area contributed by atoms with E-state index in [2.05, 4.69) is 16.0 Å². The summed E-state index contributed by atoms with van der Waals surface area (Å²) in [4.78, 5) is 64.2. The van der Waals surface area contributed by atoms with Gasteiger partial charge in [0, 0.05) is 6.54 Å². The number of carboxylic acids is 1. The zero-order chi connectivity index (χ0) is 28.3. The molecule has 6 atom stereocenters. The number of carboxylic acid groups (broad SMARTS) is 1. The maximum atomic E-state index is 13.2. The second-order valence-corrected chi connectivity index (χ2v) is 10.1. The molecule has 212 valence electrons. The van der Waals surface area contributed by atoms with Gasteiger partial charge < -0.3 is 42.5 Å². The van der Waals surface area contributed by atoms with Crippen molar-refractivity contribution in [2.45, 2.75) is 103 Å². The van der Waals surface area contributed by atoms with Crippen molar-refractivity contribution in [3.63, 3.8) is 0 Å². The molecular weight excluding hydrogens is 484 g/mol. The Hall–Kier alpha value is -2.77. The summed E-state index contributed by atoms with van der Waals surface area (Å²) in [5, 5.41) is 26.4. The summed E-state index contributed by atoms with van der Waals surface area (Å²) in [5.41, 5.74) is 11.6. The Morgan fingerprint density at radius 3 is 2.19 bits per heavy atom. The van der Waals surface area contributed by atoms with Crippen LogP contribution in [0.25, 0.3) is 0 Å². The number of likely N-dealkylation sites (tertiary alicyclic amines) is 1. The lowest BCUT2D eigenvalue weighted by Gasteiger charge is -2.29. The Kier molecular flexibility index (Phi) is 13.5. The van der Waals surface area contributed by atoms with Crippen LogP contribution in [0, 0.1) is 5.92 Å². The van der Waals surface area contributed by atoms with Crippen molar-refractivity contribution in [2.24, 2.45) is 17.4 Å². The van der Waals surface area contributed by atoms with Gasteiger partial charge in [-0.05, 0) is 64.8 Å². The summed E-state index contributed by atoms with van der Waals surface area (Å²) >= 11 is 0. The first-order valence-electron chi connectivity index (χ1n) is 12.9. The van der Waals surface area contributed by atoms with E-state index in [1.165, 1.54) is 18.7 Å². The average molecular weight is 529 g/mol. The van der Waals surface area contributed by atoms with Gasteiger partial charge in [0.25, 0.3) is 0 Å². The van der Waals surface area contributed by atoms with Crippen LogP contribution in [-0.4, -0.2) is 94.1 Å². The third-order valence-corrected chi connectivity index (χ3v) is 6.25. The smallest absolute Gasteiger partial charge is 0.325 e. The Morgan fingerprint density at radius 1 is 1.00 bits per heavy atom. The summed E-state index contributed by atoms with van der Waals surface area (Å²) in [7, 11) is 0. The zero-order valence-corrected chi connectivity index (χ0v) is 22.2. The first kappa shape index (κ1) is 32.3. The number of unbranched alkanes of at least 4 members (excludes halogenated alkanes) is 1. The third-order valence-electron chi connectivity index (χ3n) is 6.25. The molecule has 0 aliphatic carbocycles. The lowest BCUT2D eigenvalue weighted by Crippen LogP contribution is -2.60. The molecule has 0 bridgehead atoms. The minimum atomic E-state index is -1.44. The number of carbonyl (C=O) groups excluding carboxylic acids is 4. The van der Waals surface area contributed by atoms with Crippen LogP contribution in [0.2, 0.25) is 0 Å². The molecule has 0 aromatic heterocycles. The summed E-state index contributed by atoms with van der Waals surface area (Å²) < 4.78 is 0. The number of carbonyl (C=O) groups is 5. The van der Waals surface area contributed by atoms with Crippen LogP contribution in [-0.2, 0) is 24.0 Å². The maximum absolute atomic E-state index is 13.2. The third kappa shape index (κ3) is 10.3. The molecule has 13 heteroatoms. The number of hydrogen-bond donors (Lipinski definition) is 7. The maximum Gasteiger partial charge on any atom is 0.325 e. The molecule has 9 N–H and O–H groups in total. The number of nitrogens with one attached hydrogen (secondary N) is 3. The molecule has 4 amide bonds. The molecule has 0 aromatic carbocycles. The first-order chi connectivity index (χ1) is 17.3. The van der Waals surface area contributed by atoms with Gasteiger partial charge in [0.1, 0.15) is 24.2 Å². The Morgan fingerprint density at radius 2 is 1.65 bits per heavy atom. The number of aliphatic hydroxyl groups is 1. The lowest BCUT2D eigenvalue weighted by molar-refractivity contribution is -0.142. The number of nitrogens with zero attached hydrogens (tertiary/aromatic N) is 1. The van der Waals surface area contributed by atoms with E-state index < -0.39 is 60.0 Å². The van der Waals surface area contributed by atoms with Crippen molar-refractivity contribution in [2.75, 3.05) is 13.1 Å². The molecule has 1 aliphatic heterocycles. The van der Waals surface area contributed by atoms with Crippen molar-refractivity contribution < 1.29 is 34.2 Å². The number of aliphatic hydroxyl groups excluding tert-OH is 1. The van der Waals surface area contributed by atoms with Gasteiger partial charge in [-0.25, -0.2) is 0 Å². The monoisotopic (exact) mass is 528 g/mol. The second kappa shape index (κ2) is 15.5. The van der Waals surface area contributed by atoms with Gasteiger partial charge in [0.2, 0.25) is 23.6 Å². The lowest BCUT2D eigenvalue weighted by atomic mass is 10.0. The molecule has 0 saturated carbocycles. The van der Waals surface area contributed by atoms with Crippen molar-refractivity contribution in [3.8, 4) is 0 Å². The molecule has 0 radical (unpaired) electrons. The number of aliphatic carboxylic acids is 1. The van der Waals surface area contributed by atoms with E-state index in [1.807, 2.05) is 13.8 Å². The number of amides is 4. The normalized spacial score (nSPS) is 19.5. The van der Waals surface area contributed by atoms with Crippen LogP contribution in [0.4, 0.5) is 0 Å². The predicted octanol–water partition coefficient (Wildman–Crippen LogP) is -1.58. The first-order valence-corrected chi connectivity index (χ1v) is 12.9. The van der Waals surface area contributed by atoms with E-state index in [9.17, 15) is 29.1 Å². The Balaban J connectivity index is 2.98. The molecule has 1 aliphatic rings. The molecule has 0 aromatic rings. The van der Waals surface area contributed by atoms with E-state index in [-0.39, 0.29) is 18.2 Å². The van der Waals surface area contributed by atoms with Crippen molar-refractivity contribution in [1.29, 1.82) is 0 Å². The SMILES string of the molecule is CC(C)C[C@H](N)C(=O)N1CCC[C@H]1C(=O)N[C@@H](CCCCN)C(=O)N[C@H](C(=O)N[C@@H](C)C(=O)O)[C@@H](C)O. The highest BCUT2D eigenvalue weighted by Crippen LogP contribution is 2.20. The Bertz CT molecular complexity index is 806. The van der Waals surface area contributed by atoms with Crippen LogP contribution in [0.15, 0.2) is 0 Å². The highest BCUT2D eigenvalue weighted by atomic mass is 16.4. The number of rotatable bonds is 15. The fraction of sp³-hybridized carbons (Fsp3) is 0.792. The van der Waals surface area contributed by atoms with E-state index in [4.69, 9.17) is 16.6 Å². The molecule has 37 heavy (non-hydrogen) atoms.